The summed E-state index contributed by atoms with van der Waals surface area (Å²) in [5.41, 5.74) is 4.91. The zero-order valence-corrected chi connectivity index (χ0v) is 15.6. The van der Waals surface area contributed by atoms with E-state index in [1.807, 2.05) is 13.8 Å². The van der Waals surface area contributed by atoms with Crippen molar-refractivity contribution in [1.29, 1.82) is 0 Å². The fourth-order valence-corrected chi connectivity index (χ4v) is 2.93. The average molecular weight is 384 g/mol. The minimum Gasteiger partial charge on any atom is -0.389 e. The van der Waals surface area contributed by atoms with Gasteiger partial charge in [0, 0.05) is 12.5 Å². The monoisotopic (exact) mass is 384 g/mol. The molecule has 1 fully saturated rings. The first kappa shape index (κ1) is 22.6. The third kappa shape index (κ3) is 7.33. The molecule has 0 aromatic carbocycles. The number of carbonyl (C=O) groups is 5. The SMILES string of the molecule is CC(C)C[C@H](NC(=O)C(N)=O)C(=O)N[C@@H](C[C@@H]1CCCNC1=O)C(=O)CO. The first-order valence-electron chi connectivity index (χ1n) is 8.97. The Kier molecular flexibility index (Phi) is 8.86. The number of ketones is 1. The van der Waals surface area contributed by atoms with Crippen molar-refractivity contribution in [3.63, 3.8) is 0 Å². The minimum atomic E-state index is -1.22. The Hall–Kier alpha value is -2.49. The Bertz CT molecular complexity index is 592. The van der Waals surface area contributed by atoms with Gasteiger partial charge in [-0.2, -0.15) is 0 Å². The van der Waals surface area contributed by atoms with Crippen molar-refractivity contribution >= 4 is 29.4 Å². The number of aliphatic hydroxyl groups excluding tert-OH is 1. The molecule has 1 heterocycles. The highest BCUT2D eigenvalue weighted by Crippen LogP contribution is 2.18. The van der Waals surface area contributed by atoms with Crippen LogP contribution in [-0.4, -0.2) is 59.8 Å². The average Bonchev–Trinajstić information content (AvgIpc) is 2.60. The molecule has 10 heteroatoms. The van der Waals surface area contributed by atoms with Gasteiger partial charge in [0.15, 0.2) is 5.78 Å². The predicted octanol–water partition coefficient (Wildman–Crippen LogP) is -2.03. The van der Waals surface area contributed by atoms with E-state index in [0.717, 1.165) is 6.42 Å². The normalized spacial score (nSPS) is 19.0. The largest absolute Gasteiger partial charge is 0.389 e. The molecule has 0 unspecified atom stereocenters. The van der Waals surface area contributed by atoms with Gasteiger partial charge in [0.2, 0.25) is 11.8 Å². The maximum Gasteiger partial charge on any atom is 0.309 e. The number of hydrogen-bond acceptors (Lipinski definition) is 6. The van der Waals surface area contributed by atoms with Gasteiger partial charge in [0.25, 0.3) is 0 Å². The lowest BCUT2D eigenvalue weighted by Gasteiger charge is -2.27. The summed E-state index contributed by atoms with van der Waals surface area (Å²) in [4.78, 5) is 59.1. The lowest BCUT2D eigenvalue weighted by atomic mass is 9.90. The van der Waals surface area contributed by atoms with E-state index in [-0.39, 0.29) is 24.7 Å². The molecule has 0 aliphatic carbocycles. The molecule has 0 radical (unpaired) electrons. The summed E-state index contributed by atoms with van der Waals surface area (Å²) in [6, 6.07) is -2.14. The second-order valence-electron chi connectivity index (χ2n) is 7.07. The number of nitrogens with one attached hydrogen (secondary N) is 3. The molecular formula is C17H28N4O6. The van der Waals surface area contributed by atoms with E-state index < -0.39 is 48.1 Å². The number of primary amides is 1. The lowest BCUT2D eigenvalue weighted by Crippen LogP contribution is -2.55. The van der Waals surface area contributed by atoms with Gasteiger partial charge in [0.1, 0.15) is 12.6 Å². The van der Waals surface area contributed by atoms with Crippen LogP contribution in [0.5, 0.6) is 0 Å². The Morgan fingerprint density at radius 2 is 1.89 bits per heavy atom. The van der Waals surface area contributed by atoms with E-state index in [2.05, 4.69) is 16.0 Å². The summed E-state index contributed by atoms with van der Waals surface area (Å²) >= 11 is 0. The van der Waals surface area contributed by atoms with Crippen molar-refractivity contribution in [1.82, 2.24) is 16.0 Å². The molecule has 0 saturated carbocycles. The van der Waals surface area contributed by atoms with Crippen molar-refractivity contribution in [3.8, 4) is 0 Å². The Balaban J connectivity index is 2.86. The molecule has 1 saturated heterocycles. The number of Topliss-reactive ketones (excluding diaryl/α,β-unsaturated/α-hetero) is 1. The van der Waals surface area contributed by atoms with Crippen molar-refractivity contribution < 1.29 is 29.1 Å². The van der Waals surface area contributed by atoms with E-state index in [1.54, 1.807) is 0 Å². The fourth-order valence-electron chi connectivity index (χ4n) is 2.93. The number of aliphatic hydroxyl groups is 1. The van der Waals surface area contributed by atoms with Crippen LogP contribution in [0.4, 0.5) is 0 Å². The van der Waals surface area contributed by atoms with Gasteiger partial charge >= 0.3 is 11.8 Å². The zero-order valence-electron chi connectivity index (χ0n) is 15.6. The molecular weight excluding hydrogens is 356 g/mol. The van der Waals surface area contributed by atoms with Crippen molar-refractivity contribution in [2.24, 2.45) is 17.6 Å². The highest BCUT2D eigenvalue weighted by molar-refractivity contribution is 6.34. The number of nitrogens with two attached hydrogens (primary N) is 1. The maximum atomic E-state index is 12.6. The fraction of sp³-hybridized carbons (Fsp3) is 0.706. The molecule has 3 atom stereocenters. The summed E-state index contributed by atoms with van der Waals surface area (Å²) in [6.07, 6.45) is 1.60. The quantitative estimate of drug-likeness (QED) is 0.287. The molecule has 0 aromatic heterocycles. The van der Waals surface area contributed by atoms with Crippen molar-refractivity contribution in [2.75, 3.05) is 13.2 Å². The molecule has 10 nitrogen and oxygen atoms in total. The molecule has 0 spiro atoms. The maximum absolute atomic E-state index is 12.6. The summed E-state index contributed by atoms with van der Waals surface area (Å²) in [5, 5.41) is 16.6. The van der Waals surface area contributed by atoms with Crippen molar-refractivity contribution in [2.45, 2.75) is 51.6 Å². The molecule has 0 bridgehead atoms. The van der Waals surface area contributed by atoms with Crippen LogP contribution < -0.4 is 21.7 Å². The zero-order chi connectivity index (χ0) is 20.6. The number of amides is 4. The topological polar surface area (TPSA) is 168 Å². The number of hydrogen-bond donors (Lipinski definition) is 5. The highest BCUT2D eigenvalue weighted by Gasteiger charge is 2.32. The number of carbonyl (C=O) groups excluding carboxylic acids is 5. The second kappa shape index (κ2) is 10.6. The molecule has 27 heavy (non-hydrogen) atoms. The summed E-state index contributed by atoms with van der Waals surface area (Å²) in [6.45, 7) is 3.41. The summed E-state index contributed by atoms with van der Waals surface area (Å²) in [7, 11) is 0. The first-order chi connectivity index (χ1) is 12.6. The lowest BCUT2D eigenvalue weighted by molar-refractivity contribution is -0.139. The molecule has 6 N–H and O–H groups in total. The molecule has 4 amide bonds. The Morgan fingerprint density at radius 1 is 1.22 bits per heavy atom. The molecule has 1 rings (SSSR count). The smallest absolute Gasteiger partial charge is 0.309 e. The third-order valence-corrected chi connectivity index (χ3v) is 4.33. The number of piperidine rings is 1. The van der Waals surface area contributed by atoms with Gasteiger partial charge in [0.05, 0.1) is 6.04 Å². The second-order valence-corrected chi connectivity index (χ2v) is 7.07. The predicted molar refractivity (Wildman–Crippen MR) is 95.0 cm³/mol. The van der Waals surface area contributed by atoms with E-state index in [1.165, 1.54) is 0 Å². The Labute approximate surface area is 157 Å². The summed E-state index contributed by atoms with van der Waals surface area (Å²) < 4.78 is 0. The van der Waals surface area contributed by atoms with Gasteiger partial charge in [-0.05, 0) is 31.6 Å². The van der Waals surface area contributed by atoms with Gasteiger partial charge in [-0.1, -0.05) is 13.8 Å². The van der Waals surface area contributed by atoms with Crippen LogP contribution in [0, 0.1) is 11.8 Å². The van der Waals surface area contributed by atoms with Gasteiger partial charge in [-0.3, -0.25) is 24.0 Å². The third-order valence-electron chi connectivity index (χ3n) is 4.33. The first-order valence-corrected chi connectivity index (χ1v) is 8.97. The molecule has 0 aromatic rings. The van der Waals surface area contributed by atoms with Crippen LogP contribution in [0.1, 0.15) is 39.5 Å². The van der Waals surface area contributed by atoms with Crippen LogP contribution >= 0.6 is 0 Å². The minimum absolute atomic E-state index is 0.00467. The van der Waals surface area contributed by atoms with E-state index >= 15 is 0 Å². The number of rotatable bonds is 9. The van der Waals surface area contributed by atoms with Crippen LogP contribution in [0.15, 0.2) is 0 Å². The van der Waals surface area contributed by atoms with Crippen LogP contribution in [-0.2, 0) is 24.0 Å². The van der Waals surface area contributed by atoms with E-state index in [9.17, 15) is 29.1 Å². The summed E-state index contributed by atoms with van der Waals surface area (Å²) in [5.74, 6) is -4.29. The van der Waals surface area contributed by atoms with Crippen LogP contribution in [0.2, 0.25) is 0 Å². The van der Waals surface area contributed by atoms with Gasteiger partial charge in [-0.15, -0.1) is 0 Å². The standard InChI is InChI=1S/C17H28N4O6/c1-9(2)6-12(21-17(27)14(18)24)16(26)20-11(13(23)8-22)7-10-4-3-5-19-15(10)25/h9-12,22H,3-8H2,1-2H3,(H2,18,24)(H,19,25)(H,20,26)(H,21,27)/t10-,11-,12-/m0/s1. The van der Waals surface area contributed by atoms with Gasteiger partial charge in [-0.25, -0.2) is 0 Å². The highest BCUT2D eigenvalue weighted by atomic mass is 16.3. The van der Waals surface area contributed by atoms with Crippen molar-refractivity contribution in [3.05, 3.63) is 0 Å². The molecule has 152 valence electrons. The van der Waals surface area contributed by atoms with Gasteiger partial charge < -0.3 is 26.8 Å². The van der Waals surface area contributed by atoms with Crippen LogP contribution in [0.3, 0.4) is 0 Å². The van der Waals surface area contributed by atoms with Crippen LogP contribution in [0.25, 0.3) is 0 Å². The van der Waals surface area contributed by atoms with E-state index in [4.69, 9.17) is 5.73 Å². The van der Waals surface area contributed by atoms with E-state index in [0.29, 0.717) is 13.0 Å². The molecule has 1 aliphatic heterocycles. The Morgan fingerprint density at radius 3 is 2.41 bits per heavy atom. The molecule has 1 aliphatic rings.